The maximum atomic E-state index is 12.7. The molecule has 8 heteroatoms. The van der Waals surface area contributed by atoms with E-state index in [1.54, 1.807) is 36.4 Å². The molecule has 1 aliphatic rings. The Kier molecular flexibility index (Phi) is 5.99. The van der Waals surface area contributed by atoms with E-state index in [1.807, 2.05) is 6.07 Å². The number of thioether (sulfide) groups is 1. The molecule has 1 heterocycles. The number of imide groups is 1. The molecule has 2 amide bonds. The van der Waals surface area contributed by atoms with Gasteiger partial charge in [-0.2, -0.15) is 0 Å². The summed E-state index contributed by atoms with van der Waals surface area (Å²) in [6.45, 7) is 0.155. The van der Waals surface area contributed by atoms with Crippen molar-refractivity contribution in [2.45, 2.75) is 6.54 Å². The van der Waals surface area contributed by atoms with Crippen LogP contribution < -0.4 is 9.47 Å². The molecule has 0 radical (unpaired) electrons. The SMILES string of the molecule is COc1cc(Cl)c(/C=C2\SC(=O)N(Cc3cccc(Cl)c3)C2=O)cc1OC. The van der Waals surface area contributed by atoms with Crippen molar-refractivity contribution in [2.75, 3.05) is 14.2 Å². The van der Waals surface area contributed by atoms with Gasteiger partial charge in [0, 0.05) is 11.1 Å². The Bertz CT molecular complexity index is 945. The van der Waals surface area contributed by atoms with Gasteiger partial charge in [-0.3, -0.25) is 14.5 Å². The summed E-state index contributed by atoms with van der Waals surface area (Å²) in [5.74, 6) is 0.579. The van der Waals surface area contributed by atoms with Gasteiger partial charge < -0.3 is 9.47 Å². The zero-order valence-corrected chi connectivity index (χ0v) is 16.8. The molecule has 2 aromatic rings. The second kappa shape index (κ2) is 8.25. The van der Waals surface area contributed by atoms with Crippen LogP contribution in [-0.2, 0) is 11.3 Å². The van der Waals surface area contributed by atoms with Crippen molar-refractivity contribution in [1.82, 2.24) is 4.90 Å². The Morgan fingerprint density at radius 2 is 1.78 bits per heavy atom. The van der Waals surface area contributed by atoms with E-state index in [0.29, 0.717) is 27.1 Å². The summed E-state index contributed by atoms with van der Waals surface area (Å²) in [6, 6.07) is 10.3. The molecule has 3 rings (SSSR count). The summed E-state index contributed by atoms with van der Waals surface area (Å²) >= 11 is 13.1. The molecule has 0 N–H and O–H groups in total. The van der Waals surface area contributed by atoms with Crippen molar-refractivity contribution in [3.05, 3.63) is 62.5 Å². The molecule has 0 aromatic heterocycles. The van der Waals surface area contributed by atoms with E-state index in [9.17, 15) is 9.59 Å². The highest BCUT2D eigenvalue weighted by atomic mass is 35.5. The Labute approximate surface area is 170 Å². The van der Waals surface area contributed by atoms with E-state index in [0.717, 1.165) is 17.3 Å². The summed E-state index contributed by atoms with van der Waals surface area (Å²) in [5.41, 5.74) is 1.33. The molecule has 0 unspecified atom stereocenters. The number of carbonyl (C=O) groups is 2. The van der Waals surface area contributed by atoms with Gasteiger partial charge in [-0.15, -0.1) is 0 Å². The minimum atomic E-state index is -0.379. The van der Waals surface area contributed by atoms with Crippen LogP contribution in [0.25, 0.3) is 6.08 Å². The average Bonchev–Trinajstić information content (AvgIpc) is 2.90. The quantitative estimate of drug-likeness (QED) is 0.614. The standard InChI is InChI=1S/C19H15Cl2NO4S/c1-25-15-7-12(14(21)9-16(15)26-2)8-17-18(23)22(19(24)27-17)10-11-4-3-5-13(20)6-11/h3-9H,10H2,1-2H3/b17-8-. The van der Waals surface area contributed by atoms with E-state index in [4.69, 9.17) is 32.7 Å². The number of carbonyl (C=O) groups excluding carboxylic acids is 2. The first-order chi connectivity index (χ1) is 12.9. The van der Waals surface area contributed by atoms with Crippen molar-refractivity contribution in [3.63, 3.8) is 0 Å². The first-order valence-corrected chi connectivity index (χ1v) is 9.41. The second-order valence-electron chi connectivity index (χ2n) is 5.63. The monoisotopic (exact) mass is 423 g/mol. The van der Waals surface area contributed by atoms with E-state index in [2.05, 4.69) is 0 Å². The third kappa shape index (κ3) is 4.24. The topological polar surface area (TPSA) is 55.8 Å². The van der Waals surface area contributed by atoms with Crippen LogP contribution in [-0.4, -0.2) is 30.3 Å². The van der Waals surface area contributed by atoms with Crippen LogP contribution in [0.5, 0.6) is 11.5 Å². The lowest BCUT2D eigenvalue weighted by Crippen LogP contribution is -2.27. The summed E-state index contributed by atoms with van der Waals surface area (Å²) in [7, 11) is 3.02. The number of hydrogen-bond donors (Lipinski definition) is 0. The molecule has 0 atom stereocenters. The molecule has 0 spiro atoms. The van der Waals surface area contributed by atoms with Gasteiger partial charge in [0.2, 0.25) is 0 Å². The Morgan fingerprint density at radius 3 is 2.44 bits per heavy atom. The highest BCUT2D eigenvalue weighted by Gasteiger charge is 2.35. The van der Waals surface area contributed by atoms with Crippen molar-refractivity contribution >= 4 is 52.2 Å². The number of ether oxygens (including phenoxy) is 2. The van der Waals surface area contributed by atoms with E-state index < -0.39 is 0 Å². The zero-order valence-electron chi connectivity index (χ0n) is 14.5. The van der Waals surface area contributed by atoms with Gasteiger partial charge in [-0.1, -0.05) is 35.3 Å². The molecule has 0 aliphatic carbocycles. The fourth-order valence-electron chi connectivity index (χ4n) is 2.58. The lowest BCUT2D eigenvalue weighted by Gasteiger charge is -2.12. The molecule has 1 aliphatic heterocycles. The predicted octanol–water partition coefficient (Wildman–Crippen LogP) is 5.25. The van der Waals surface area contributed by atoms with E-state index in [1.165, 1.54) is 19.1 Å². The van der Waals surface area contributed by atoms with Crippen molar-refractivity contribution in [2.24, 2.45) is 0 Å². The molecule has 140 valence electrons. The molecular weight excluding hydrogens is 409 g/mol. The minimum Gasteiger partial charge on any atom is -0.493 e. The zero-order chi connectivity index (χ0) is 19.6. The van der Waals surface area contributed by atoms with Crippen LogP contribution in [0.4, 0.5) is 4.79 Å². The summed E-state index contributed by atoms with van der Waals surface area (Å²) in [6.07, 6.45) is 1.58. The lowest BCUT2D eigenvalue weighted by atomic mass is 10.1. The van der Waals surface area contributed by atoms with Crippen LogP contribution in [0.3, 0.4) is 0 Å². The fraction of sp³-hybridized carbons (Fsp3) is 0.158. The Hall–Kier alpha value is -2.15. The van der Waals surface area contributed by atoms with Crippen LogP contribution >= 0.6 is 35.0 Å². The minimum absolute atomic E-state index is 0.155. The molecule has 1 fully saturated rings. The largest absolute Gasteiger partial charge is 0.493 e. The maximum absolute atomic E-state index is 12.7. The Morgan fingerprint density at radius 1 is 1.07 bits per heavy atom. The maximum Gasteiger partial charge on any atom is 0.293 e. The van der Waals surface area contributed by atoms with Gasteiger partial charge in [0.1, 0.15) is 0 Å². The number of hydrogen-bond acceptors (Lipinski definition) is 5. The van der Waals surface area contributed by atoms with Crippen LogP contribution in [0, 0.1) is 0 Å². The molecular formula is C19H15Cl2NO4S. The molecule has 1 saturated heterocycles. The number of benzene rings is 2. The van der Waals surface area contributed by atoms with Gasteiger partial charge in [0.15, 0.2) is 11.5 Å². The molecule has 0 bridgehead atoms. The number of nitrogens with zero attached hydrogens (tertiary/aromatic N) is 1. The first-order valence-electron chi connectivity index (χ1n) is 7.84. The lowest BCUT2D eigenvalue weighted by molar-refractivity contribution is -0.123. The molecule has 2 aromatic carbocycles. The van der Waals surface area contributed by atoms with Crippen molar-refractivity contribution < 1.29 is 19.1 Å². The number of methoxy groups -OCH3 is 2. The van der Waals surface area contributed by atoms with Crippen LogP contribution in [0.15, 0.2) is 41.3 Å². The van der Waals surface area contributed by atoms with E-state index >= 15 is 0 Å². The fourth-order valence-corrected chi connectivity index (χ4v) is 3.83. The third-order valence-electron chi connectivity index (χ3n) is 3.89. The average molecular weight is 424 g/mol. The van der Waals surface area contributed by atoms with Gasteiger partial charge >= 0.3 is 0 Å². The first kappa shape index (κ1) is 19.6. The van der Waals surface area contributed by atoms with Gasteiger partial charge in [0.25, 0.3) is 11.1 Å². The van der Waals surface area contributed by atoms with Gasteiger partial charge in [-0.05, 0) is 47.2 Å². The van der Waals surface area contributed by atoms with Crippen LogP contribution in [0.1, 0.15) is 11.1 Å². The number of rotatable bonds is 5. The third-order valence-corrected chi connectivity index (χ3v) is 5.36. The molecule has 5 nitrogen and oxygen atoms in total. The number of halogens is 2. The second-order valence-corrected chi connectivity index (χ2v) is 7.46. The number of amides is 2. The smallest absolute Gasteiger partial charge is 0.293 e. The molecule has 0 saturated carbocycles. The summed E-state index contributed by atoms with van der Waals surface area (Å²) < 4.78 is 10.5. The summed E-state index contributed by atoms with van der Waals surface area (Å²) in [4.78, 5) is 26.4. The molecule has 27 heavy (non-hydrogen) atoms. The highest BCUT2D eigenvalue weighted by molar-refractivity contribution is 8.18. The van der Waals surface area contributed by atoms with Crippen molar-refractivity contribution in [1.29, 1.82) is 0 Å². The van der Waals surface area contributed by atoms with E-state index in [-0.39, 0.29) is 22.6 Å². The summed E-state index contributed by atoms with van der Waals surface area (Å²) in [5, 5.41) is 0.587. The van der Waals surface area contributed by atoms with Gasteiger partial charge in [-0.25, -0.2) is 0 Å². The van der Waals surface area contributed by atoms with Crippen LogP contribution in [0.2, 0.25) is 10.0 Å². The van der Waals surface area contributed by atoms with Crippen molar-refractivity contribution in [3.8, 4) is 11.5 Å². The Balaban J connectivity index is 1.88. The normalized spacial score (nSPS) is 15.6. The van der Waals surface area contributed by atoms with Gasteiger partial charge in [0.05, 0.1) is 30.7 Å². The predicted molar refractivity (Wildman–Crippen MR) is 108 cm³/mol. The highest BCUT2D eigenvalue weighted by Crippen LogP contribution is 2.38.